The molecule has 4 rings (SSSR count). The second kappa shape index (κ2) is 6.34. The highest BCUT2D eigenvalue weighted by Crippen LogP contribution is 2.33. The number of hydrogen-bond donors (Lipinski definition) is 1. The maximum atomic E-state index is 12.9. The maximum Gasteiger partial charge on any atom is 0.419 e. The minimum Gasteiger partial charge on any atom is -0.486 e. The molecule has 1 aromatic heterocycles. The van der Waals surface area contributed by atoms with Gasteiger partial charge in [0.2, 0.25) is 0 Å². The Bertz CT molecular complexity index is 1190. The second-order valence-corrected chi connectivity index (χ2v) is 7.81. The molecule has 1 aliphatic rings. The van der Waals surface area contributed by atoms with Gasteiger partial charge in [0, 0.05) is 18.7 Å². The summed E-state index contributed by atoms with van der Waals surface area (Å²) in [6, 6.07) is 7.85. The van der Waals surface area contributed by atoms with Crippen molar-refractivity contribution in [1.82, 2.24) is 4.57 Å². The number of fused-ring (bicyclic) bond motifs is 2. The number of ether oxygens (including phenoxy) is 2. The van der Waals surface area contributed by atoms with Gasteiger partial charge in [-0.3, -0.25) is 9.29 Å². The Hall–Kier alpha value is -2.94. The van der Waals surface area contributed by atoms with Crippen LogP contribution >= 0.6 is 0 Å². The van der Waals surface area contributed by atoms with Crippen LogP contribution in [0.1, 0.15) is 12.5 Å². The van der Waals surface area contributed by atoms with Crippen molar-refractivity contribution in [1.29, 1.82) is 0 Å². The van der Waals surface area contributed by atoms with Crippen LogP contribution in [0, 0.1) is 6.92 Å². The molecule has 0 fully saturated rings. The van der Waals surface area contributed by atoms with E-state index >= 15 is 0 Å². The minimum absolute atomic E-state index is 0.0434. The summed E-state index contributed by atoms with van der Waals surface area (Å²) in [4.78, 5) is 11.9. The Balaban J connectivity index is 1.73. The van der Waals surface area contributed by atoms with E-state index < -0.39 is 15.8 Å². The molecule has 8 nitrogen and oxygen atoms in total. The lowest BCUT2D eigenvalue weighted by atomic mass is 10.2. The number of benzene rings is 2. The van der Waals surface area contributed by atoms with Crippen molar-refractivity contribution in [3.8, 4) is 11.5 Å². The van der Waals surface area contributed by atoms with E-state index in [2.05, 4.69) is 4.72 Å². The molecule has 0 amide bonds. The first-order valence-corrected chi connectivity index (χ1v) is 9.94. The van der Waals surface area contributed by atoms with E-state index in [1.165, 1.54) is 10.6 Å². The van der Waals surface area contributed by atoms with Gasteiger partial charge in [0.15, 0.2) is 17.1 Å². The number of hydrogen-bond acceptors (Lipinski definition) is 6. The van der Waals surface area contributed by atoms with Crippen LogP contribution in [0.5, 0.6) is 11.5 Å². The fourth-order valence-corrected chi connectivity index (χ4v) is 4.39. The average Bonchev–Trinajstić information content (AvgIpc) is 2.94. The van der Waals surface area contributed by atoms with E-state index in [0.717, 1.165) is 0 Å². The fourth-order valence-electron chi connectivity index (χ4n) is 3.10. The Labute approximate surface area is 155 Å². The molecule has 0 saturated carbocycles. The molecule has 0 unspecified atom stereocenters. The first-order chi connectivity index (χ1) is 12.9. The molecule has 0 aliphatic carbocycles. The summed E-state index contributed by atoms with van der Waals surface area (Å²) in [5, 5.41) is 0. The van der Waals surface area contributed by atoms with Crippen molar-refractivity contribution < 1.29 is 22.3 Å². The largest absolute Gasteiger partial charge is 0.486 e. The van der Waals surface area contributed by atoms with E-state index in [0.29, 0.717) is 48.0 Å². The van der Waals surface area contributed by atoms with E-state index in [-0.39, 0.29) is 10.5 Å². The van der Waals surface area contributed by atoms with Gasteiger partial charge in [0.05, 0.1) is 16.1 Å². The highest BCUT2D eigenvalue weighted by molar-refractivity contribution is 7.92. The lowest BCUT2D eigenvalue weighted by molar-refractivity contribution is 0.171. The van der Waals surface area contributed by atoms with E-state index in [9.17, 15) is 13.2 Å². The van der Waals surface area contributed by atoms with Crippen molar-refractivity contribution in [3.63, 3.8) is 0 Å². The first-order valence-electron chi connectivity index (χ1n) is 8.45. The van der Waals surface area contributed by atoms with Crippen LogP contribution < -0.4 is 20.0 Å². The highest BCUT2D eigenvalue weighted by atomic mass is 32.2. The molecule has 3 aromatic rings. The molecular weight excluding hydrogens is 372 g/mol. The summed E-state index contributed by atoms with van der Waals surface area (Å²) >= 11 is 0. The molecule has 0 radical (unpaired) electrons. The van der Waals surface area contributed by atoms with Crippen molar-refractivity contribution in [2.45, 2.75) is 25.3 Å². The van der Waals surface area contributed by atoms with Crippen LogP contribution in [0.4, 0.5) is 5.69 Å². The molecular formula is C18H18N2O6S. The maximum absolute atomic E-state index is 12.9. The number of aromatic nitrogens is 1. The SMILES string of the molecule is CCn1c(=O)oc2cc(S(=O)(=O)Nc3ccc4c(c3)OCCO4)c(C)cc21. The van der Waals surface area contributed by atoms with Crippen LogP contribution in [0.15, 0.2) is 44.4 Å². The third-order valence-electron chi connectivity index (χ3n) is 4.37. The van der Waals surface area contributed by atoms with Crippen LogP contribution in [0.3, 0.4) is 0 Å². The van der Waals surface area contributed by atoms with Gasteiger partial charge >= 0.3 is 5.76 Å². The third-order valence-corrected chi connectivity index (χ3v) is 5.89. The van der Waals surface area contributed by atoms with Gasteiger partial charge in [-0.25, -0.2) is 13.2 Å². The summed E-state index contributed by atoms with van der Waals surface area (Å²) in [7, 11) is -3.89. The number of nitrogens with one attached hydrogen (secondary N) is 1. The number of nitrogens with zero attached hydrogens (tertiary/aromatic N) is 1. The number of aryl methyl sites for hydroxylation is 2. The van der Waals surface area contributed by atoms with Gasteiger partial charge in [-0.15, -0.1) is 0 Å². The molecule has 0 bridgehead atoms. The molecule has 2 aromatic carbocycles. The van der Waals surface area contributed by atoms with E-state index in [4.69, 9.17) is 13.9 Å². The quantitative estimate of drug-likeness (QED) is 0.735. The van der Waals surface area contributed by atoms with Crippen LogP contribution in [0.2, 0.25) is 0 Å². The van der Waals surface area contributed by atoms with Crippen LogP contribution in [-0.2, 0) is 16.6 Å². The third kappa shape index (κ3) is 3.03. The molecule has 0 atom stereocenters. The summed E-state index contributed by atoms with van der Waals surface area (Å²) in [6.45, 7) is 4.80. The Morgan fingerprint density at radius 3 is 2.59 bits per heavy atom. The second-order valence-electron chi connectivity index (χ2n) is 6.16. The number of anilines is 1. The van der Waals surface area contributed by atoms with Crippen LogP contribution in [-0.4, -0.2) is 26.2 Å². The lowest BCUT2D eigenvalue weighted by Gasteiger charge is -2.19. The predicted molar refractivity (Wildman–Crippen MR) is 99.1 cm³/mol. The molecule has 1 aliphatic heterocycles. The summed E-state index contributed by atoms with van der Waals surface area (Å²) in [5.41, 5.74) is 1.66. The van der Waals surface area contributed by atoms with Crippen molar-refractivity contribution in [3.05, 3.63) is 46.4 Å². The zero-order chi connectivity index (χ0) is 19.2. The predicted octanol–water partition coefficient (Wildman–Crippen LogP) is 2.49. The molecule has 2 heterocycles. The van der Waals surface area contributed by atoms with Crippen molar-refractivity contribution in [2.75, 3.05) is 17.9 Å². The Kier molecular flexibility index (Phi) is 4.11. The molecule has 1 N–H and O–H groups in total. The molecule has 142 valence electrons. The smallest absolute Gasteiger partial charge is 0.419 e. The van der Waals surface area contributed by atoms with Gasteiger partial charge < -0.3 is 13.9 Å². The summed E-state index contributed by atoms with van der Waals surface area (Å²) < 4.78 is 45.9. The summed E-state index contributed by atoms with van der Waals surface area (Å²) in [5.74, 6) is 0.547. The van der Waals surface area contributed by atoms with Gasteiger partial charge in [0.25, 0.3) is 10.0 Å². The minimum atomic E-state index is -3.89. The molecule has 9 heteroatoms. The fraction of sp³-hybridized carbons (Fsp3) is 0.278. The zero-order valence-electron chi connectivity index (χ0n) is 14.8. The average molecular weight is 390 g/mol. The number of oxazole rings is 1. The van der Waals surface area contributed by atoms with Gasteiger partial charge in [-0.1, -0.05) is 0 Å². The molecule has 0 saturated heterocycles. The topological polar surface area (TPSA) is 99.8 Å². The van der Waals surface area contributed by atoms with Gasteiger partial charge in [-0.2, -0.15) is 0 Å². The van der Waals surface area contributed by atoms with Crippen molar-refractivity contribution in [2.24, 2.45) is 0 Å². The zero-order valence-corrected chi connectivity index (χ0v) is 15.6. The lowest BCUT2D eigenvalue weighted by Crippen LogP contribution is -2.17. The standard InChI is InChI=1S/C18H18N2O6S/c1-3-20-13-8-11(2)17(10-15(13)26-18(20)21)27(22,23)19-12-4-5-14-16(9-12)25-7-6-24-14/h4-5,8-10,19H,3,6-7H2,1-2H3. The number of rotatable bonds is 4. The Morgan fingerprint density at radius 2 is 1.85 bits per heavy atom. The monoisotopic (exact) mass is 390 g/mol. The van der Waals surface area contributed by atoms with E-state index in [1.807, 2.05) is 6.92 Å². The molecule has 0 spiro atoms. The summed E-state index contributed by atoms with van der Waals surface area (Å²) in [6.07, 6.45) is 0. The van der Waals surface area contributed by atoms with E-state index in [1.54, 1.807) is 31.2 Å². The number of sulfonamides is 1. The van der Waals surface area contributed by atoms with Gasteiger partial charge in [-0.05, 0) is 37.6 Å². The highest BCUT2D eigenvalue weighted by Gasteiger charge is 2.22. The van der Waals surface area contributed by atoms with Crippen molar-refractivity contribution >= 4 is 26.8 Å². The normalized spacial score (nSPS) is 13.7. The van der Waals surface area contributed by atoms with Crippen LogP contribution in [0.25, 0.3) is 11.1 Å². The van der Waals surface area contributed by atoms with Gasteiger partial charge in [0.1, 0.15) is 13.2 Å². The Morgan fingerprint density at radius 1 is 1.11 bits per heavy atom. The molecule has 27 heavy (non-hydrogen) atoms. The first kappa shape index (κ1) is 17.5.